The van der Waals surface area contributed by atoms with Crippen molar-refractivity contribution in [2.75, 3.05) is 13.7 Å². The summed E-state index contributed by atoms with van der Waals surface area (Å²) in [5.41, 5.74) is 0.364. The smallest absolute Gasteiger partial charge is 0.242 e. The number of hydrogen-bond donors (Lipinski definition) is 1. The molecule has 1 aliphatic heterocycles. The van der Waals surface area contributed by atoms with Crippen LogP contribution < -0.4 is 10.1 Å². The van der Waals surface area contributed by atoms with Crippen LogP contribution in [0, 0.1) is 11.8 Å². The second-order valence-electron chi connectivity index (χ2n) is 10.0. The van der Waals surface area contributed by atoms with E-state index >= 15 is 0 Å². The van der Waals surface area contributed by atoms with Crippen molar-refractivity contribution in [2.45, 2.75) is 65.1 Å². The number of imide groups is 1. The van der Waals surface area contributed by atoms with Gasteiger partial charge in [-0.2, -0.15) is 0 Å². The molecule has 1 N–H and O–H groups in total. The molecule has 1 saturated heterocycles. The van der Waals surface area contributed by atoms with Gasteiger partial charge in [0.2, 0.25) is 23.6 Å². The Bertz CT molecular complexity index is 955. The number of fused-ring (bicyclic) bond motifs is 1. The number of hydrogen-bond acceptors (Lipinski definition) is 5. The van der Waals surface area contributed by atoms with Crippen LogP contribution in [0.5, 0.6) is 5.75 Å². The monoisotopic (exact) mass is 469 g/mol. The molecule has 1 aliphatic carbocycles. The number of methoxy groups -OCH3 is 1. The first-order chi connectivity index (χ1) is 16.0. The minimum absolute atomic E-state index is 0.0196. The van der Waals surface area contributed by atoms with Crippen molar-refractivity contribution in [3.05, 3.63) is 42.0 Å². The molecule has 1 fully saturated rings. The molecular formula is C26H35N3O5. The molecule has 3 atom stereocenters. The third kappa shape index (κ3) is 5.85. The molecule has 3 rings (SSSR count). The highest BCUT2D eigenvalue weighted by atomic mass is 16.5. The number of nitrogens with one attached hydrogen (secondary N) is 1. The van der Waals surface area contributed by atoms with Crippen LogP contribution in [-0.2, 0) is 25.7 Å². The lowest BCUT2D eigenvalue weighted by Crippen LogP contribution is -2.52. The van der Waals surface area contributed by atoms with Gasteiger partial charge < -0.3 is 15.0 Å². The second-order valence-corrected chi connectivity index (χ2v) is 10.0. The molecule has 8 heteroatoms. The van der Waals surface area contributed by atoms with E-state index in [1.165, 1.54) is 9.80 Å². The van der Waals surface area contributed by atoms with E-state index in [4.69, 9.17) is 4.74 Å². The van der Waals surface area contributed by atoms with Gasteiger partial charge in [-0.3, -0.25) is 24.1 Å². The number of carbonyl (C=O) groups is 4. The van der Waals surface area contributed by atoms with E-state index in [-0.39, 0.29) is 55.0 Å². The van der Waals surface area contributed by atoms with Gasteiger partial charge in [-0.1, -0.05) is 24.3 Å². The Labute approximate surface area is 201 Å². The van der Waals surface area contributed by atoms with Crippen molar-refractivity contribution < 1.29 is 23.9 Å². The van der Waals surface area contributed by atoms with Gasteiger partial charge in [0.05, 0.1) is 18.9 Å². The van der Waals surface area contributed by atoms with Crippen LogP contribution in [0.15, 0.2) is 36.4 Å². The molecular weight excluding hydrogens is 434 g/mol. The Hall–Kier alpha value is -3.16. The van der Waals surface area contributed by atoms with Crippen LogP contribution in [0.3, 0.4) is 0 Å². The van der Waals surface area contributed by atoms with Gasteiger partial charge in [-0.05, 0) is 58.2 Å². The zero-order valence-electron chi connectivity index (χ0n) is 20.7. The number of likely N-dealkylation sites (tertiary alicyclic amines) is 1. The summed E-state index contributed by atoms with van der Waals surface area (Å²) in [6.07, 6.45) is 4.96. The molecule has 0 saturated carbocycles. The molecule has 4 amide bonds. The molecule has 8 nitrogen and oxygen atoms in total. The largest absolute Gasteiger partial charge is 0.497 e. The predicted octanol–water partition coefficient (Wildman–Crippen LogP) is 2.67. The van der Waals surface area contributed by atoms with Crippen molar-refractivity contribution >= 4 is 23.6 Å². The zero-order valence-corrected chi connectivity index (χ0v) is 20.7. The Morgan fingerprint density at radius 2 is 1.76 bits per heavy atom. The Kier molecular flexibility index (Phi) is 7.79. The maximum Gasteiger partial charge on any atom is 0.242 e. The summed E-state index contributed by atoms with van der Waals surface area (Å²) in [5, 5.41) is 2.92. The van der Waals surface area contributed by atoms with Crippen molar-refractivity contribution in [1.82, 2.24) is 15.1 Å². The van der Waals surface area contributed by atoms with E-state index in [2.05, 4.69) is 5.32 Å². The number of benzene rings is 1. The Balaban J connectivity index is 1.75. The minimum atomic E-state index is -0.741. The number of amides is 4. The standard InChI is InChI=1S/C26H35N3O5/c1-17(23(31)27-26(2,3)4)29(16-18-9-8-10-19(15-18)34-5)22(30)13-14-28-24(32)20-11-6-7-12-21(20)25(28)33/h6-10,15,17,20-21H,11-14,16H2,1-5H3,(H,27,31)/t17-,20-,21+/m1/s1. The highest BCUT2D eigenvalue weighted by Gasteiger charge is 2.47. The molecule has 2 aliphatic rings. The van der Waals surface area contributed by atoms with Gasteiger partial charge in [-0.15, -0.1) is 0 Å². The molecule has 184 valence electrons. The molecule has 0 unspecified atom stereocenters. The van der Waals surface area contributed by atoms with Gasteiger partial charge in [-0.25, -0.2) is 0 Å². The first-order valence-electron chi connectivity index (χ1n) is 11.8. The fraction of sp³-hybridized carbons (Fsp3) is 0.538. The van der Waals surface area contributed by atoms with Crippen molar-refractivity contribution in [1.29, 1.82) is 0 Å². The van der Waals surface area contributed by atoms with E-state index in [9.17, 15) is 19.2 Å². The number of allylic oxidation sites excluding steroid dienone is 2. The summed E-state index contributed by atoms with van der Waals surface area (Å²) in [7, 11) is 1.57. The topological polar surface area (TPSA) is 96.0 Å². The second kappa shape index (κ2) is 10.4. The molecule has 0 aromatic heterocycles. The maximum absolute atomic E-state index is 13.4. The van der Waals surface area contributed by atoms with Gasteiger partial charge in [0.25, 0.3) is 0 Å². The lowest BCUT2D eigenvalue weighted by Gasteiger charge is -2.32. The van der Waals surface area contributed by atoms with Crippen LogP contribution >= 0.6 is 0 Å². The first kappa shape index (κ1) is 25.5. The maximum atomic E-state index is 13.4. The van der Waals surface area contributed by atoms with Crippen LogP contribution in [0.4, 0.5) is 0 Å². The fourth-order valence-electron chi connectivity index (χ4n) is 4.46. The Morgan fingerprint density at radius 1 is 1.15 bits per heavy atom. The van der Waals surface area contributed by atoms with Crippen LogP contribution in [0.1, 0.15) is 52.5 Å². The normalized spacial score (nSPS) is 20.7. The average Bonchev–Trinajstić information content (AvgIpc) is 3.04. The molecule has 1 heterocycles. The number of carbonyl (C=O) groups excluding carboxylic acids is 4. The van der Waals surface area contributed by atoms with Crippen molar-refractivity contribution in [3.8, 4) is 5.75 Å². The van der Waals surface area contributed by atoms with Crippen molar-refractivity contribution in [2.24, 2.45) is 11.8 Å². The van der Waals surface area contributed by atoms with Crippen LogP contribution in [0.2, 0.25) is 0 Å². The quantitative estimate of drug-likeness (QED) is 0.467. The molecule has 0 spiro atoms. The zero-order chi connectivity index (χ0) is 25.0. The summed E-state index contributed by atoms with van der Waals surface area (Å²) < 4.78 is 5.29. The highest BCUT2D eigenvalue weighted by Crippen LogP contribution is 2.35. The van der Waals surface area contributed by atoms with Crippen molar-refractivity contribution in [3.63, 3.8) is 0 Å². The SMILES string of the molecule is COc1cccc(CN(C(=O)CCN2C(=O)[C@H]3CC=CC[C@H]3C2=O)[C@H](C)C(=O)NC(C)(C)C)c1. The molecule has 1 aromatic rings. The minimum Gasteiger partial charge on any atom is -0.497 e. The number of rotatable bonds is 8. The van der Waals surface area contributed by atoms with Gasteiger partial charge in [0.15, 0.2) is 0 Å². The first-order valence-corrected chi connectivity index (χ1v) is 11.8. The predicted molar refractivity (Wildman–Crippen MR) is 128 cm³/mol. The van der Waals surface area contributed by atoms with E-state index in [0.717, 1.165) is 5.56 Å². The summed E-state index contributed by atoms with van der Waals surface area (Å²) in [4.78, 5) is 54.5. The number of ether oxygens (including phenoxy) is 1. The fourth-order valence-corrected chi connectivity index (χ4v) is 4.46. The van der Waals surface area contributed by atoms with E-state index < -0.39 is 11.6 Å². The summed E-state index contributed by atoms with van der Waals surface area (Å²) >= 11 is 0. The van der Waals surface area contributed by atoms with Gasteiger partial charge in [0.1, 0.15) is 11.8 Å². The van der Waals surface area contributed by atoms with Gasteiger partial charge >= 0.3 is 0 Å². The average molecular weight is 470 g/mol. The summed E-state index contributed by atoms with van der Waals surface area (Å²) in [5.74, 6) is -0.965. The lowest BCUT2D eigenvalue weighted by atomic mass is 9.85. The van der Waals surface area contributed by atoms with E-state index in [1.54, 1.807) is 14.0 Å². The highest BCUT2D eigenvalue weighted by molar-refractivity contribution is 6.05. The summed E-state index contributed by atoms with van der Waals surface area (Å²) in [6.45, 7) is 7.54. The number of nitrogens with zero attached hydrogens (tertiary/aromatic N) is 2. The third-order valence-electron chi connectivity index (χ3n) is 6.30. The Morgan fingerprint density at radius 3 is 2.32 bits per heavy atom. The molecule has 0 radical (unpaired) electrons. The molecule has 0 bridgehead atoms. The summed E-state index contributed by atoms with van der Waals surface area (Å²) in [6, 6.07) is 6.58. The molecule has 1 aromatic carbocycles. The lowest BCUT2D eigenvalue weighted by molar-refractivity contribution is -0.144. The van der Waals surface area contributed by atoms with Crippen LogP contribution in [0.25, 0.3) is 0 Å². The molecule has 34 heavy (non-hydrogen) atoms. The third-order valence-corrected chi connectivity index (χ3v) is 6.30. The van der Waals surface area contributed by atoms with E-state index in [0.29, 0.717) is 18.6 Å². The van der Waals surface area contributed by atoms with Gasteiger partial charge in [0, 0.05) is 25.0 Å². The van der Waals surface area contributed by atoms with Crippen LogP contribution in [-0.4, -0.2) is 58.7 Å². The van der Waals surface area contributed by atoms with E-state index in [1.807, 2.05) is 57.2 Å².